The second kappa shape index (κ2) is 7.03. The number of methoxy groups -OCH3 is 1. The van der Waals surface area contributed by atoms with Crippen LogP contribution in [0.5, 0.6) is 5.75 Å². The number of benzene rings is 1. The second-order valence-corrected chi connectivity index (χ2v) is 9.65. The molecular weight excluding hydrogens is 367 g/mol. The van der Waals surface area contributed by atoms with E-state index in [-0.39, 0.29) is 23.4 Å². The minimum Gasteiger partial charge on any atom is -0.494 e. The van der Waals surface area contributed by atoms with E-state index in [1.165, 1.54) is 26.4 Å². The van der Waals surface area contributed by atoms with Crippen LogP contribution in [0.15, 0.2) is 18.3 Å². The fourth-order valence-corrected chi connectivity index (χ4v) is 6.73. The van der Waals surface area contributed by atoms with Crippen LogP contribution in [-0.4, -0.2) is 35.0 Å². The molecule has 2 heterocycles. The van der Waals surface area contributed by atoms with E-state index in [1.807, 2.05) is 19.2 Å². The monoisotopic (exact) mass is 398 g/mol. The number of carbonyl (C=O) groups excluding carboxylic acids is 1. The highest BCUT2D eigenvalue weighted by Gasteiger charge is 2.49. The summed E-state index contributed by atoms with van der Waals surface area (Å²) in [5.74, 6) is 2.52. The molecule has 3 aliphatic rings. The normalized spacial score (nSPS) is 31.9. The van der Waals surface area contributed by atoms with E-state index in [9.17, 15) is 9.18 Å². The summed E-state index contributed by atoms with van der Waals surface area (Å²) < 4.78 is 20.1. The van der Waals surface area contributed by atoms with E-state index in [0.717, 1.165) is 41.7 Å². The third kappa shape index (κ3) is 2.96. The fourth-order valence-electron chi connectivity index (χ4n) is 6.73. The molecule has 1 amide bonds. The Morgan fingerprint density at radius 1 is 1.28 bits per heavy atom. The summed E-state index contributed by atoms with van der Waals surface area (Å²) in [4.78, 5) is 18.8. The largest absolute Gasteiger partial charge is 0.494 e. The van der Waals surface area contributed by atoms with Gasteiger partial charge in [0, 0.05) is 35.6 Å². The maximum atomic E-state index is 14.9. The number of hydrogen-bond acceptors (Lipinski definition) is 2. The number of likely N-dealkylation sites (tertiary alicyclic amines) is 1. The lowest BCUT2D eigenvalue weighted by Crippen LogP contribution is -2.59. The van der Waals surface area contributed by atoms with Gasteiger partial charge in [0.05, 0.1) is 7.11 Å². The molecule has 156 valence electrons. The van der Waals surface area contributed by atoms with Gasteiger partial charge in [0.25, 0.3) is 0 Å². The van der Waals surface area contributed by atoms with Gasteiger partial charge in [-0.3, -0.25) is 4.79 Å². The number of fused-ring (bicyclic) bond motifs is 3. The van der Waals surface area contributed by atoms with Gasteiger partial charge in [-0.15, -0.1) is 0 Å². The van der Waals surface area contributed by atoms with Crippen LogP contribution in [0, 0.1) is 23.6 Å². The first-order valence-electron chi connectivity index (χ1n) is 11.1. The minimum atomic E-state index is -0.346. The Morgan fingerprint density at radius 2 is 2.07 bits per heavy atom. The highest BCUT2D eigenvalue weighted by Crippen LogP contribution is 2.51. The molecule has 5 heteroatoms. The standard InChI is InChI=1S/C24H31FN2O2/c1-13-8-17-11-15-10-16(4-5-18(13)15)27(17)22(28)9-14(2)19-12-26-20-6-7-21(29-3)24(25)23(19)20/h6-7,12-18,26H,4-5,8-11H2,1-3H3. The first-order valence-corrected chi connectivity index (χ1v) is 11.1. The molecule has 29 heavy (non-hydrogen) atoms. The molecule has 5 rings (SSSR count). The van der Waals surface area contributed by atoms with Gasteiger partial charge in [-0.2, -0.15) is 0 Å². The average molecular weight is 399 g/mol. The van der Waals surface area contributed by atoms with Crippen LogP contribution >= 0.6 is 0 Å². The van der Waals surface area contributed by atoms with Crippen LogP contribution in [0.3, 0.4) is 0 Å². The molecule has 1 N–H and O–H groups in total. The Kier molecular flexibility index (Phi) is 4.60. The number of piperidine rings is 1. The Balaban J connectivity index is 1.39. The van der Waals surface area contributed by atoms with Crippen LogP contribution in [0.4, 0.5) is 4.39 Å². The van der Waals surface area contributed by atoms with Gasteiger partial charge in [-0.05, 0) is 73.5 Å². The number of nitrogens with zero attached hydrogens (tertiary/aromatic N) is 1. The number of nitrogens with one attached hydrogen (secondary N) is 1. The van der Waals surface area contributed by atoms with Crippen molar-refractivity contribution in [1.82, 2.24) is 9.88 Å². The summed E-state index contributed by atoms with van der Waals surface area (Å²) in [6.07, 6.45) is 8.23. The van der Waals surface area contributed by atoms with Crippen LogP contribution < -0.4 is 4.74 Å². The Labute approximate surface area is 171 Å². The van der Waals surface area contributed by atoms with Crippen molar-refractivity contribution < 1.29 is 13.9 Å². The molecule has 2 aromatic rings. The van der Waals surface area contributed by atoms with Crippen LogP contribution in [-0.2, 0) is 4.79 Å². The lowest BCUT2D eigenvalue weighted by atomic mass is 9.60. The summed E-state index contributed by atoms with van der Waals surface area (Å²) >= 11 is 0. The molecule has 2 aliphatic carbocycles. The van der Waals surface area contributed by atoms with E-state index >= 15 is 0 Å². The lowest BCUT2D eigenvalue weighted by Gasteiger charge is -2.57. The summed E-state index contributed by atoms with van der Waals surface area (Å²) in [5, 5.41) is 0.551. The van der Waals surface area contributed by atoms with Crippen molar-refractivity contribution in [1.29, 1.82) is 0 Å². The number of aromatic amines is 1. The zero-order valence-electron chi connectivity index (χ0n) is 17.6. The first-order chi connectivity index (χ1) is 14.0. The molecule has 1 aromatic carbocycles. The van der Waals surface area contributed by atoms with Crippen molar-refractivity contribution in [2.45, 2.75) is 70.4 Å². The number of hydrogen-bond donors (Lipinski definition) is 1. The molecule has 2 saturated carbocycles. The lowest BCUT2D eigenvalue weighted by molar-refractivity contribution is -0.149. The van der Waals surface area contributed by atoms with Gasteiger partial charge in [0.2, 0.25) is 5.91 Å². The number of ether oxygens (including phenoxy) is 1. The van der Waals surface area contributed by atoms with E-state index < -0.39 is 0 Å². The van der Waals surface area contributed by atoms with Crippen molar-refractivity contribution in [2.75, 3.05) is 7.11 Å². The molecule has 6 atom stereocenters. The number of carbonyl (C=O) groups is 1. The van der Waals surface area contributed by atoms with Gasteiger partial charge in [-0.25, -0.2) is 4.39 Å². The van der Waals surface area contributed by atoms with E-state index in [2.05, 4.69) is 16.8 Å². The van der Waals surface area contributed by atoms with Crippen molar-refractivity contribution in [3.63, 3.8) is 0 Å². The molecule has 1 aromatic heterocycles. The average Bonchev–Trinajstić information content (AvgIpc) is 3.12. The highest BCUT2D eigenvalue weighted by molar-refractivity contribution is 5.87. The smallest absolute Gasteiger partial charge is 0.223 e. The SMILES string of the molecule is COc1ccc2[nH]cc(C(C)CC(=O)N3C4CCC5C(C)CC3CC5C4)c2c1F. The number of rotatable bonds is 4. The first kappa shape index (κ1) is 19.0. The fraction of sp³-hybridized carbons (Fsp3) is 0.625. The summed E-state index contributed by atoms with van der Waals surface area (Å²) in [6, 6.07) is 4.30. The van der Waals surface area contributed by atoms with Gasteiger partial charge < -0.3 is 14.6 Å². The Bertz CT molecular complexity index is 934. The highest BCUT2D eigenvalue weighted by atomic mass is 19.1. The van der Waals surface area contributed by atoms with Crippen LogP contribution in [0.2, 0.25) is 0 Å². The number of halogens is 1. The number of amides is 1. The maximum absolute atomic E-state index is 14.9. The molecule has 3 fully saturated rings. The quantitative estimate of drug-likeness (QED) is 0.766. The maximum Gasteiger partial charge on any atom is 0.223 e. The molecule has 0 spiro atoms. The zero-order chi connectivity index (χ0) is 20.3. The molecular formula is C24H31FN2O2. The zero-order valence-corrected chi connectivity index (χ0v) is 17.6. The Morgan fingerprint density at radius 3 is 2.86 bits per heavy atom. The topological polar surface area (TPSA) is 45.3 Å². The molecule has 6 unspecified atom stereocenters. The third-order valence-electron chi connectivity index (χ3n) is 8.05. The summed E-state index contributed by atoms with van der Waals surface area (Å²) in [7, 11) is 1.48. The predicted octanol–water partition coefficient (Wildman–Crippen LogP) is 5.23. The van der Waals surface area contributed by atoms with Gasteiger partial charge in [0.1, 0.15) is 0 Å². The van der Waals surface area contributed by atoms with Crippen molar-refractivity contribution in [3.05, 3.63) is 29.7 Å². The second-order valence-electron chi connectivity index (χ2n) is 9.65. The van der Waals surface area contributed by atoms with Crippen molar-refractivity contribution in [2.24, 2.45) is 17.8 Å². The predicted molar refractivity (Wildman–Crippen MR) is 111 cm³/mol. The van der Waals surface area contributed by atoms with Gasteiger partial charge >= 0.3 is 0 Å². The third-order valence-corrected chi connectivity index (χ3v) is 8.05. The molecule has 3 bridgehead atoms. The molecule has 1 saturated heterocycles. The number of aromatic nitrogens is 1. The molecule has 1 aliphatic heterocycles. The van der Waals surface area contributed by atoms with E-state index in [0.29, 0.717) is 23.9 Å². The minimum absolute atomic E-state index is 0.0482. The summed E-state index contributed by atoms with van der Waals surface area (Å²) in [6.45, 7) is 4.41. The Hall–Kier alpha value is -2.04. The van der Waals surface area contributed by atoms with Gasteiger partial charge in [0.15, 0.2) is 11.6 Å². The number of H-pyrrole nitrogens is 1. The summed E-state index contributed by atoms with van der Waals surface area (Å²) in [5.41, 5.74) is 1.61. The van der Waals surface area contributed by atoms with Crippen LogP contribution in [0.25, 0.3) is 10.9 Å². The van der Waals surface area contributed by atoms with E-state index in [1.54, 1.807) is 6.07 Å². The molecule has 0 radical (unpaired) electrons. The van der Waals surface area contributed by atoms with Crippen LogP contribution in [0.1, 0.15) is 63.9 Å². The van der Waals surface area contributed by atoms with Crippen molar-refractivity contribution >= 4 is 16.8 Å². The molecule has 4 nitrogen and oxygen atoms in total. The van der Waals surface area contributed by atoms with Crippen molar-refractivity contribution in [3.8, 4) is 5.75 Å². The van der Waals surface area contributed by atoms with Gasteiger partial charge in [-0.1, -0.05) is 13.8 Å². The van der Waals surface area contributed by atoms with E-state index in [4.69, 9.17) is 4.74 Å².